The molecule has 0 aliphatic carbocycles. The van der Waals surface area contributed by atoms with Crippen LogP contribution < -0.4 is 14.8 Å². The largest absolute Gasteiger partial charge is 0.493 e. The highest BCUT2D eigenvalue weighted by Gasteiger charge is 2.09. The number of methoxy groups -OCH3 is 1. The van der Waals surface area contributed by atoms with Crippen LogP contribution in [0.25, 0.3) is 0 Å². The van der Waals surface area contributed by atoms with Crippen molar-refractivity contribution in [1.82, 2.24) is 5.32 Å². The Morgan fingerprint density at radius 2 is 1.94 bits per heavy atom. The molecule has 3 heteroatoms. The summed E-state index contributed by atoms with van der Waals surface area (Å²) < 4.78 is 10.9. The van der Waals surface area contributed by atoms with Crippen LogP contribution in [0.2, 0.25) is 0 Å². The lowest BCUT2D eigenvalue weighted by atomic mass is 10.0. The number of nitrogens with one attached hydrogen (secondary N) is 1. The van der Waals surface area contributed by atoms with E-state index in [1.165, 1.54) is 11.1 Å². The van der Waals surface area contributed by atoms with Crippen LogP contribution in [-0.2, 0) is 13.0 Å². The van der Waals surface area contributed by atoms with E-state index in [4.69, 9.17) is 9.47 Å². The molecular formula is C14H21NO2. The van der Waals surface area contributed by atoms with E-state index in [-0.39, 0.29) is 0 Å². The topological polar surface area (TPSA) is 30.5 Å². The summed E-state index contributed by atoms with van der Waals surface area (Å²) in [7, 11) is 1.67. The van der Waals surface area contributed by atoms with E-state index < -0.39 is 0 Å². The van der Waals surface area contributed by atoms with E-state index in [0.29, 0.717) is 6.61 Å². The summed E-state index contributed by atoms with van der Waals surface area (Å²) in [6.45, 7) is 9.15. The maximum Gasteiger partial charge on any atom is 0.161 e. The normalized spacial score (nSPS) is 9.82. The molecule has 94 valence electrons. The molecule has 0 aliphatic rings. The zero-order valence-electron chi connectivity index (χ0n) is 10.9. The number of hydrogen-bond acceptors (Lipinski definition) is 3. The van der Waals surface area contributed by atoms with Crippen molar-refractivity contribution in [2.45, 2.75) is 26.8 Å². The van der Waals surface area contributed by atoms with E-state index in [1.807, 2.05) is 19.1 Å². The minimum Gasteiger partial charge on any atom is -0.493 e. The fourth-order valence-electron chi connectivity index (χ4n) is 1.75. The monoisotopic (exact) mass is 235 g/mol. The van der Waals surface area contributed by atoms with Crippen LogP contribution in [0.1, 0.15) is 25.0 Å². The Labute approximate surface area is 103 Å². The van der Waals surface area contributed by atoms with Gasteiger partial charge in [0, 0.05) is 6.54 Å². The van der Waals surface area contributed by atoms with Gasteiger partial charge in [-0.3, -0.25) is 0 Å². The van der Waals surface area contributed by atoms with Gasteiger partial charge < -0.3 is 14.8 Å². The molecule has 0 saturated heterocycles. The van der Waals surface area contributed by atoms with Crippen molar-refractivity contribution in [3.05, 3.63) is 36.0 Å². The SMILES string of the molecule is C=CNCc1cc(OCC)c(OC)cc1CC. The highest BCUT2D eigenvalue weighted by molar-refractivity contribution is 5.47. The van der Waals surface area contributed by atoms with Crippen LogP contribution in [-0.4, -0.2) is 13.7 Å². The zero-order chi connectivity index (χ0) is 12.7. The Bertz CT molecular complexity index is 375. The minimum atomic E-state index is 0.635. The quantitative estimate of drug-likeness (QED) is 0.788. The first-order valence-corrected chi connectivity index (χ1v) is 5.93. The van der Waals surface area contributed by atoms with Gasteiger partial charge in [-0.05, 0) is 42.8 Å². The molecule has 0 atom stereocenters. The van der Waals surface area contributed by atoms with Crippen LogP contribution in [0.4, 0.5) is 0 Å². The van der Waals surface area contributed by atoms with Gasteiger partial charge in [0.2, 0.25) is 0 Å². The second-order valence-electron chi connectivity index (χ2n) is 3.64. The third-order valence-electron chi connectivity index (χ3n) is 2.60. The highest BCUT2D eigenvalue weighted by Crippen LogP contribution is 2.31. The van der Waals surface area contributed by atoms with Crippen LogP contribution in [0.5, 0.6) is 11.5 Å². The van der Waals surface area contributed by atoms with Crippen LogP contribution in [0.3, 0.4) is 0 Å². The van der Waals surface area contributed by atoms with E-state index >= 15 is 0 Å². The van der Waals surface area contributed by atoms with Crippen molar-refractivity contribution in [2.24, 2.45) is 0 Å². The van der Waals surface area contributed by atoms with Gasteiger partial charge in [-0.25, -0.2) is 0 Å². The zero-order valence-corrected chi connectivity index (χ0v) is 10.9. The molecule has 0 bridgehead atoms. The van der Waals surface area contributed by atoms with Crippen molar-refractivity contribution in [1.29, 1.82) is 0 Å². The summed E-state index contributed by atoms with van der Waals surface area (Å²) in [4.78, 5) is 0. The van der Waals surface area contributed by atoms with Gasteiger partial charge in [0.05, 0.1) is 13.7 Å². The van der Waals surface area contributed by atoms with Crippen molar-refractivity contribution in [3.63, 3.8) is 0 Å². The van der Waals surface area contributed by atoms with Crippen LogP contribution in [0.15, 0.2) is 24.9 Å². The second kappa shape index (κ2) is 6.84. The number of benzene rings is 1. The molecule has 0 aromatic heterocycles. The predicted octanol–water partition coefficient (Wildman–Crippen LogP) is 2.89. The summed E-state index contributed by atoms with van der Waals surface area (Å²) in [6, 6.07) is 4.09. The lowest BCUT2D eigenvalue weighted by Gasteiger charge is -2.15. The molecule has 0 aliphatic heterocycles. The number of aryl methyl sites for hydroxylation is 1. The number of ether oxygens (including phenoxy) is 2. The number of hydrogen-bond donors (Lipinski definition) is 1. The second-order valence-corrected chi connectivity index (χ2v) is 3.64. The average Bonchev–Trinajstić information content (AvgIpc) is 2.36. The highest BCUT2D eigenvalue weighted by atomic mass is 16.5. The fourth-order valence-corrected chi connectivity index (χ4v) is 1.75. The van der Waals surface area contributed by atoms with Crippen LogP contribution in [0, 0.1) is 0 Å². The minimum absolute atomic E-state index is 0.635. The molecule has 0 fully saturated rings. The summed E-state index contributed by atoms with van der Waals surface area (Å²) in [5.41, 5.74) is 2.48. The molecule has 0 saturated carbocycles. The lowest BCUT2D eigenvalue weighted by Crippen LogP contribution is -2.07. The van der Waals surface area contributed by atoms with Crippen molar-refractivity contribution < 1.29 is 9.47 Å². The van der Waals surface area contributed by atoms with Crippen molar-refractivity contribution in [3.8, 4) is 11.5 Å². The molecule has 1 N–H and O–H groups in total. The maximum atomic E-state index is 5.57. The standard InChI is InChI=1S/C14H21NO2/c1-5-11-8-13(16-4)14(17-7-3)9-12(11)10-15-6-2/h6,8-9,15H,2,5,7,10H2,1,3-4H3. The third-order valence-corrected chi connectivity index (χ3v) is 2.60. The van der Waals surface area contributed by atoms with E-state index in [0.717, 1.165) is 24.5 Å². The Hall–Kier alpha value is -1.64. The first kappa shape index (κ1) is 13.4. The molecule has 17 heavy (non-hydrogen) atoms. The summed E-state index contributed by atoms with van der Waals surface area (Å²) in [5.74, 6) is 1.60. The van der Waals surface area contributed by atoms with Gasteiger partial charge in [0.15, 0.2) is 11.5 Å². The first-order chi connectivity index (χ1) is 8.26. The number of rotatable bonds is 7. The van der Waals surface area contributed by atoms with Crippen LogP contribution >= 0.6 is 0 Å². The molecule has 3 nitrogen and oxygen atoms in total. The lowest BCUT2D eigenvalue weighted by molar-refractivity contribution is 0.310. The Balaban J connectivity index is 3.08. The average molecular weight is 235 g/mol. The molecule has 0 radical (unpaired) electrons. The van der Waals surface area contributed by atoms with Gasteiger partial charge in [-0.15, -0.1) is 0 Å². The summed E-state index contributed by atoms with van der Waals surface area (Å²) in [6.07, 6.45) is 2.67. The van der Waals surface area contributed by atoms with E-state index in [9.17, 15) is 0 Å². The van der Waals surface area contributed by atoms with E-state index in [2.05, 4.69) is 18.8 Å². The Morgan fingerprint density at radius 1 is 1.24 bits per heavy atom. The van der Waals surface area contributed by atoms with Gasteiger partial charge in [-0.1, -0.05) is 13.5 Å². The molecule has 1 aromatic rings. The van der Waals surface area contributed by atoms with E-state index in [1.54, 1.807) is 13.3 Å². The first-order valence-electron chi connectivity index (χ1n) is 5.93. The maximum absolute atomic E-state index is 5.57. The Kier molecular flexibility index (Phi) is 5.40. The predicted molar refractivity (Wildman–Crippen MR) is 70.6 cm³/mol. The molecule has 0 spiro atoms. The van der Waals surface area contributed by atoms with Gasteiger partial charge in [-0.2, -0.15) is 0 Å². The summed E-state index contributed by atoms with van der Waals surface area (Å²) in [5, 5.41) is 3.11. The fraction of sp³-hybridized carbons (Fsp3) is 0.429. The van der Waals surface area contributed by atoms with Crippen molar-refractivity contribution >= 4 is 0 Å². The van der Waals surface area contributed by atoms with Crippen molar-refractivity contribution in [2.75, 3.05) is 13.7 Å². The molecule has 0 unspecified atom stereocenters. The summed E-state index contributed by atoms with van der Waals surface area (Å²) >= 11 is 0. The molecule has 0 amide bonds. The third kappa shape index (κ3) is 3.41. The van der Waals surface area contributed by atoms with Gasteiger partial charge in [0.1, 0.15) is 0 Å². The molecule has 1 aromatic carbocycles. The molecular weight excluding hydrogens is 214 g/mol. The Morgan fingerprint density at radius 3 is 2.47 bits per heavy atom. The smallest absolute Gasteiger partial charge is 0.161 e. The van der Waals surface area contributed by atoms with Gasteiger partial charge in [0.25, 0.3) is 0 Å². The molecule has 1 rings (SSSR count). The molecule has 0 heterocycles. The van der Waals surface area contributed by atoms with Gasteiger partial charge >= 0.3 is 0 Å².